The van der Waals surface area contributed by atoms with E-state index in [2.05, 4.69) is 12.1 Å². The lowest BCUT2D eigenvalue weighted by atomic mass is 9.70. The zero-order valence-electron chi connectivity index (χ0n) is 11.8. The molecular formula is C17H26O2. The van der Waals surface area contributed by atoms with Crippen molar-refractivity contribution in [3.05, 3.63) is 35.9 Å². The lowest BCUT2D eigenvalue weighted by Crippen LogP contribution is -2.27. The van der Waals surface area contributed by atoms with Crippen LogP contribution in [0.5, 0.6) is 0 Å². The molecular weight excluding hydrogens is 236 g/mol. The van der Waals surface area contributed by atoms with Gasteiger partial charge in [-0.1, -0.05) is 49.6 Å². The predicted molar refractivity (Wildman–Crippen MR) is 77.9 cm³/mol. The van der Waals surface area contributed by atoms with Gasteiger partial charge in [0, 0.05) is 13.2 Å². The van der Waals surface area contributed by atoms with Crippen molar-refractivity contribution in [2.45, 2.75) is 51.6 Å². The average Bonchev–Trinajstić information content (AvgIpc) is 2.46. The van der Waals surface area contributed by atoms with Crippen molar-refractivity contribution in [3.63, 3.8) is 0 Å². The molecule has 19 heavy (non-hydrogen) atoms. The fraction of sp³-hybridized carbons (Fsp3) is 0.647. The van der Waals surface area contributed by atoms with Crippen LogP contribution in [0.2, 0.25) is 0 Å². The maximum Gasteiger partial charge on any atom is 0.0716 e. The molecule has 1 fully saturated rings. The fourth-order valence-corrected chi connectivity index (χ4v) is 3.22. The summed E-state index contributed by atoms with van der Waals surface area (Å²) in [6.07, 6.45) is 8.57. The summed E-state index contributed by atoms with van der Waals surface area (Å²) < 4.78 is 5.81. The van der Waals surface area contributed by atoms with E-state index in [4.69, 9.17) is 4.74 Å². The van der Waals surface area contributed by atoms with Gasteiger partial charge in [-0.3, -0.25) is 0 Å². The zero-order chi connectivity index (χ0) is 13.4. The molecule has 2 heteroatoms. The van der Waals surface area contributed by atoms with E-state index >= 15 is 0 Å². The number of ether oxygens (including phenoxy) is 1. The van der Waals surface area contributed by atoms with Crippen LogP contribution in [0.25, 0.3) is 0 Å². The zero-order valence-corrected chi connectivity index (χ0v) is 11.8. The van der Waals surface area contributed by atoms with Crippen LogP contribution in [0.1, 0.15) is 50.5 Å². The van der Waals surface area contributed by atoms with Crippen LogP contribution >= 0.6 is 0 Å². The number of hydrogen-bond acceptors (Lipinski definition) is 2. The monoisotopic (exact) mass is 262 g/mol. The van der Waals surface area contributed by atoms with Crippen LogP contribution in [0.4, 0.5) is 0 Å². The van der Waals surface area contributed by atoms with Crippen LogP contribution in [-0.2, 0) is 11.3 Å². The molecule has 0 aliphatic heterocycles. The van der Waals surface area contributed by atoms with Gasteiger partial charge in [0.25, 0.3) is 0 Å². The van der Waals surface area contributed by atoms with Gasteiger partial charge in [-0.25, -0.2) is 0 Å². The molecule has 2 nitrogen and oxygen atoms in total. The van der Waals surface area contributed by atoms with Crippen LogP contribution in [0, 0.1) is 5.41 Å². The minimum atomic E-state index is 0.318. The van der Waals surface area contributed by atoms with Gasteiger partial charge < -0.3 is 9.84 Å². The molecule has 106 valence electrons. The van der Waals surface area contributed by atoms with Crippen LogP contribution in [0.15, 0.2) is 30.3 Å². The van der Waals surface area contributed by atoms with E-state index < -0.39 is 0 Å². The highest BCUT2D eigenvalue weighted by Gasteiger charge is 2.30. The van der Waals surface area contributed by atoms with Crippen molar-refractivity contribution < 1.29 is 9.84 Å². The molecule has 0 amide bonds. The number of aliphatic hydroxyl groups is 1. The number of benzene rings is 1. The topological polar surface area (TPSA) is 29.5 Å². The Morgan fingerprint density at radius 2 is 1.74 bits per heavy atom. The highest BCUT2D eigenvalue weighted by atomic mass is 16.5. The Bertz CT molecular complexity index is 336. The quantitative estimate of drug-likeness (QED) is 0.755. The van der Waals surface area contributed by atoms with Gasteiger partial charge in [0.1, 0.15) is 0 Å². The molecule has 0 bridgehead atoms. The summed E-state index contributed by atoms with van der Waals surface area (Å²) in [5, 5.41) is 9.28. The van der Waals surface area contributed by atoms with Gasteiger partial charge >= 0.3 is 0 Å². The lowest BCUT2D eigenvalue weighted by molar-refractivity contribution is 0.0498. The molecule has 0 spiro atoms. The average molecular weight is 262 g/mol. The van der Waals surface area contributed by atoms with E-state index in [9.17, 15) is 5.11 Å². The molecule has 0 radical (unpaired) electrons. The first-order valence-corrected chi connectivity index (χ1v) is 7.57. The molecule has 1 N–H and O–H groups in total. The second kappa shape index (κ2) is 7.66. The smallest absolute Gasteiger partial charge is 0.0716 e. The van der Waals surface area contributed by atoms with Gasteiger partial charge in [0.2, 0.25) is 0 Å². The highest BCUT2D eigenvalue weighted by molar-refractivity contribution is 5.13. The molecule has 0 unspecified atom stereocenters. The second-order valence-corrected chi connectivity index (χ2v) is 5.82. The van der Waals surface area contributed by atoms with Gasteiger partial charge in [-0.2, -0.15) is 0 Å². The van der Waals surface area contributed by atoms with Gasteiger partial charge in [-0.05, 0) is 36.7 Å². The van der Waals surface area contributed by atoms with Crippen molar-refractivity contribution >= 4 is 0 Å². The van der Waals surface area contributed by atoms with E-state index in [-0.39, 0.29) is 0 Å². The van der Waals surface area contributed by atoms with Crippen molar-refractivity contribution in [3.8, 4) is 0 Å². The van der Waals surface area contributed by atoms with Crippen molar-refractivity contribution in [1.29, 1.82) is 0 Å². The minimum absolute atomic E-state index is 0.318. The van der Waals surface area contributed by atoms with E-state index in [1.54, 1.807) is 0 Å². The van der Waals surface area contributed by atoms with Gasteiger partial charge in [0.15, 0.2) is 0 Å². The van der Waals surface area contributed by atoms with E-state index in [1.807, 2.05) is 18.2 Å². The standard InChI is InChI=1S/C17H26O2/c18-13-11-17(9-5-2-6-10-17)12-14-19-15-16-7-3-1-4-8-16/h1,3-4,7-8,18H,2,5-6,9-15H2. The lowest BCUT2D eigenvalue weighted by Gasteiger charge is -2.37. The van der Waals surface area contributed by atoms with Crippen LogP contribution in [-0.4, -0.2) is 18.3 Å². The Labute approximate surface area is 116 Å². The van der Waals surface area contributed by atoms with Crippen LogP contribution < -0.4 is 0 Å². The fourth-order valence-electron chi connectivity index (χ4n) is 3.22. The van der Waals surface area contributed by atoms with Gasteiger partial charge in [0.05, 0.1) is 6.61 Å². The van der Waals surface area contributed by atoms with Gasteiger partial charge in [-0.15, -0.1) is 0 Å². The summed E-state index contributed by atoms with van der Waals surface area (Å²) in [5.74, 6) is 0. The Morgan fingerprint density at radius 3 is 2.42 bits per heavy atom. The molecule has 1 saturated carbocycles. The van der Waals surface area contributed by atoms with Crippen molar-refractivity contribution in [2.24, 2.45) is 5.41 Å². The minimum Gasteiger partial charge on any atom is -0.396 e. The summed E-state index contributed by atoms with van der Waals surface area (Å²) in [4.78, 5) is 0. The Balaban J connectivity index is 1.73. The molecule has 0 heterocycles. The summed E-state index contributed by atoms with van der Waals surface area (Å²) in [6.45, 7) is 1.84. The third-order valence-corrected chi connectivity index (χ3v) is 4.44. The second-order valence-electron chi connectivity index (χ2n) is 5.82. The van der Waals surface area contributed by atoms with E-state index in [0.717, 1.165) is 19.4 Å². The molecule has 0 aromatic heterocycles. The number of aliphatic hydroxyl groups excluding tert-OH is 1. The normalized spacial score (nSPS) is 18.4. The summed E-state index contributed by atoms with van der Waals surface area (Å²) in [7, 11) is 0. The Kier molecular flexibility index (Phi) is 5.87. The molecule has 1 aromatic carbocycles. The third-order valence-electron chi connectivity index (χ3n) is 4.44. The SMILES string of the molecule is OCCC1(CCOCc2ccccc2)CCCCC1. The number of hydrogen-bond donors (Lipinski definition) is 1. The van der Waals surface area contributed by atoms with E-state index in [1.165, 1.54) is 37.7 Å². The Hall–Kier alpha value is -0.860. The van der Waals surface area contributed by atoms with Crippen molar-refractivity contribution in [1.82, 2.24) is 0 Å². The Morgan fingerprint density at radius 1 is 1.00 bits per heavy atom. The molecule has 2 rings (SSSR count). The maximum atomic E-state index is 9.28. The number of rotatable bonds is 7. The van der Waals surface area contributed by atoms with Crippen molar-refractivity contribution in [2.75, 3.05) is 13.2 Å². The molecule has 0 saturated heterocycles. The predicted octanol–water partition coefficient (Wildman–Crippen LogP) is 3.93. The van der Waals surface area contributed by atoms with E-state index in [0.29, 0.717) is 18.6 Å². The third kappa shape index (κ3) is 4.63. The largest absolute Gasteiger partial charge is 0.396 e. The molecule has 1 aliphatic rings. The van der Waals surface area contributed by atoms with Crippen LogP contribution in [0.3, 0.4) is 0 Å². The summed E-state index contributed by atoms with van der Waals surface area (Å²) in [5.41, 5.74) is 1.59. The maximum absolute atomic E-state index is 9.28. The first kappa shape index (κ1) is 14.5. The first-order chi connectivity index (χ1) is 9.35. The molecule has 1 aliphatic carbocycles. The summed E-state index contributed by atoms with van der Waals surface area (Å²) in [6, 6.07) is 10.3. The summed E-state index contributed by atoms with van der Waals surface area (Å²) >= 11 is 0. The molecule has 1 aromatic rings. The molecule has 0 atom stereocenters. The highest BCUT2D eigenvalue weighted by Crippen LogP contribution is 2.42. The first-order valence-electron chi connectivity index (χ1n) is 7.57.